The number of hydrogen-bond donors (Lipinski definition) is 1. The highest BCUT2D eigenvalue weighted by atomic mass is 28.4. The number of benzene rings is 1. The Bertz CT molecular complexity index is 586. The van der Waals surface area contributed by atoms with Crippen LogP contribution in [0.1, 0.15) is 33.3 Å². The van der Waals surface area contributed by atoms with Crippen LogP contribution in [0, 0.1) is 5.82 Å². The van der Waals surface area contributed by atoms with Gasteiger partial charge in [0.25, 0.3) is 0 Å². The van der Waals surface area contributed by atoms with Gasteiger partial charge in [-0.3, -0.25) is 0 Å². The average Bonchev–Trinajstić information content (AvgIpc) is 2.48. The maximum atomic E-state index is 13.1. The highest BCUT2D eigenvalue weighted by Crippen LogP contribution is 2.37. The molecule has 0 aliphatic heterocycles. The van der Waals surface area contributed by atoms with Gasteiger partial charge in [-0.2, -0.15) is 13.2 Å². The van der Waals surface area contributed by atoms with Crippen LogP contribution in [0.15, 0.2) is 18.2 Å². The summed E-state index contributed by atoms with van der Waals surface area (Å²) in [5.74, 6) is -1.32. The minimum atomic E-state index is -4.66. The van der Waals surface area contributed by atoms with E-state index in [1.165, 1.54) is 0 Å². The first-order valence-electron chi connectivity index (χ1n) is 8.61. The Balaban J connectivity index is 2.48. The molecule has 0 aliphatic carbocycles. The molecule has 0 heterocycles. The van der Waals surface area contributed by atoms with Crippen molar-refractivity contribution in [3.8, 4) is 5.75 Å². The third kappa shape index (κ3) is 6.89. The fourth-order valence-corrected chi connectivity index (χ4v) is 3.00. The van der Waals surface area contributed by atoms with Crippen molar-refractivity contribution in [2.75, 3.05) is 19.8 Å². The standard InChI is InChI=1S/C18H29F4NO2Si/c1-13(23-9-10-25-26(5,6)17(2,3)4)12-24-16-8-7-14(19)11-15(16)18(20,21)22/h7-8,11,13,23H,9-10,12H2,1-6H3. The summed E-state index contributed by atoms with van der Waals surface area (Å²) in [7, 11) is -1.81. The summed E-state index contributed by atoms with van der Waals surface area (Å²) in [5.41, 5.74) is -1.11. The summed E-state index contributed by atoms with van der Waals surface area (Å²) in [5, 5.41) is 3.29. The number of alkyl halides is 3. The number of halogens is 4. The monoisotopic (exact) mass is 395 g/mol. The molecule has 26 heavy (non-hydrogen) atoms. The highest BCUT2D eigenvalue weighted by Gasteiger charge is 2.37. The summed E-state index contributed by atoms with van der Waals surface area (Å²) in [4.78, 5) is 0. The molecule has 0 spiro atoms. The van der Waals surface area contributed by atoms with Crippen LogP contribution in [0.5, 0.6) is 5.75 Å². The second-order valence-electron chi connectivity index (χ2n) is 7.91. The van der Waals surface area contributed by atoms with Crippen LogP contribution in [0.3, 0.4) is 0 Å². The Morgan fingerprint density at radius 3 is 2.31 bits per heavy atom. The van der Waals surface area contributed by atoms with Crippen LogP contribution in [-0.2, 0) is 10.6 Å². The van der Waals surface area contributed by atoms with E-state index in [0.717, 1.165) is 12.1 Å². The summed E-state index contributed by atoms with van der Waals surface area (Å²) in [6, 6.07) is 2.23. The zero-order chi connectivity index (χ0) is 20.2. The lowest BCUT2D eigenvalue weighted by molar-refractivity contribution is -0.139. The Morgan fingerprint density at radius 1 is 1.15 bits per heavy atom. The van der Waals surface area contributed by atoms with E-state index < -0.39 is 25.9 Å². The fourth-order valence-electron chi connectivity index (χ4n) is 1.95. The maximum Gasteiger partial charge on any atom is 0.420 e. The number of nitrogens with one attached hydrogen (secondary N) is 1. The Morgan fingerprint density at radius 2 is 1.77 bits per heavy atom. The lowest BCUT2D eigenvalue weighted by atomic mass is 10.2. The van der Waals surface area contributed by atoms with Crippen molar-refractivity contribution in [2.24, 2.45) is 0 Å². The number of ether oxygens (including phenoxy) is 1. The van der Waals surface area contributed by atoms with Crippen LogP contribution in [0.2, 0.25) is 18.1 Å². The summed E-state index contributed by atoms with van der Waals surface area (Å²) in [6.45, 7) is 13.7. The predicted molar refractivity (Wildman–Crippen MR) is 97.5 cm³/mol. The SMILES string of the molecule is CC(COc1ccc(F)cc1C(F)(F)F)NCCO[Si](C)(C)C(C)(C)C. The summed E-state index contributed by atoms with van der Waals surface area (Å²) in [6.07, 6.45) is -4.66. The molecule has 0 fully saturated rings. The Labute approximate surface area is 154 Å². The minimum Gasteiger partial charge on any atom is -0.491 e. The van der Waals surface area contributed by atoms with Crippen molar-refractivity contribution in [1.29, 1.82) is 0 Å². The Kier molecular flexibility index (Phi) is 7.68. The van der Waals surface area contributed by atoms with Crippen molar-refractivity contribution in [1.82, 2.24) is 5.32 Å². The molecule has 3 nitrogen and oxygen atoms in total. The topological polar surface area (TPSA) is 30.5 Å². The summed E-state index contributed by atoms with van der Waals surface area (Å²) < 4.78 is 63.2. The van der Waals surface area contributed by atoms with E-state index in [1.54, 1.807) is 0 Å². The lowest BCUT2D eigenvalue weighted by Crippen LogP contribution is -2.43. The largest absolute Gasteiger partial charge is 0.491 e. The third-order valence-corrected chi connectivity index (χ3v) is 9.14. The molecule has 0 aromatic heterocycles. The third-order valence-electron chi connectivity index (χ3n) is 4.60. The first kappa shape index (κ1) is 22.9. The molecule has 8 heteroatoms. The molecule has 0 radical (unpaired) electrons. The van der Waals surface area contributed by atoms with Crippen molar-refractivity contribution in [2.45, 2.75) is 58.0 Å². The molecule has 0 saturated heterocycles. The molecule has 1 rings (SSSR count). The van der Waals surface area contributed by atoms with Gasteiger partial charge in [0.2, 0.25) is 0 Å². The van der Waals surface area contributed by atoms with Gasteiger partial charge in [0.15, 0.2) is 8.32 Å². The smallest absolute Gasteiger partial charge is 0.420 e. The molecule has 1 aromatic rings. The van der Waals surface area contributed by atoms with Crippen LogP contribution in [0.4, 0.5) is 17.6 Å². The molecular weight excluding hydrogens is 366 g/mol. The molecule has 1 atom stereocenters. The van der Waals surface area contributed by atoms with Gasteiger partial charge in [-0.25, -0.2) is 4.39 Å². The molecule has 0 aliphatic rings. The molecule has 1 unspecified atom stereocenters. The first-order chi connectivity index (χ1) is 11.7. The van der Waals surface area contributed by atoms with Crippen LogP contribution in [-0.4, -0.2) is 34.1 Å². The quantitative estimate of drug-likeness (QED) is 0.372. The van der Waals surface area contributed by atoms with Gasteiger partial charge in [-0.15, -0.1) is 0 Å². The van der Waals surface area contributed by atoms with E-state index in [0.29, 0.717) is 19.2 Å². The van der Waals surface area contributed by atoms with Gasteiger partial charge in [0.1, 0.15) is 23.7 Å². The number of rotatable bonds is 8. The van der Waals surface area contributed by atoms with E-state index in [2.05, 4.69) is 39.2 Å². The van der Waals surface area contributed by atoms with Gasteiger partial charge < -0.3 is 14.5 Å². The van der Waals surface area contributed by atoms with Gasteiger partial charge in [0.05, 0.1) is 0 Å². The van der Waals surface area contributed by atoms with Crippen LogP contribution < -0.4 is 10.1 Å². The maximum absolute atomic E-state index is 13.1. The zero-order valence-corrected chi connectivity index (χ0v) is 17.3. The van der Waals surface area contributed by atoms with E-state index >= 15 is 0 Å². The van der Waals surface area contributed by atoms with Crippen molar-refractivity contribution >= 4 is 8.32 Å². The van der Waals surface area contributed by atoms with Gasteiger partial charge in [-0.05, 0) is 43.3 Å². The molecule has 150 valence electrons. The van der Waals surface area contributed by atoms with Gasteiger partial charge >= 0.3 is 6.18 Å². The van der Waals surface area contributed by atoms with Crippen molar-refractivity contribution in [3.63, 3.8) is 0 Å². The molecule has 0 bridgehead atoms. The molecular formula is C18H29F4NO2Si. The van der Waals surface area contributed by atoms with E-state index in [4.69, 9.17) is 9.16 Å². The lowest BCUT2D eigenvalue weighted by Gasteiger charge is -2.36. The average molecular weight is 396 g/mol. The molecule has 1 aromatic carbocycles. The highest BCUT2D eigenvalue weighted by molar-refractivity contribution is 6.74. The zero-order valence-electron chi connectivity index (χ0n) is 16.3. The van der Waals surface area contributed by atoms with Gasteiger partial charge in [0, 0.05) is 19.2 Å². The van der Waals surface area contributed by atoms with Gasteiger partial charge in [-0.1, -0.05) is 20.8 Å². The molecule has 0 saturated carbocycles. The number of hydrogen-bond acceptors (Lipinski definition) is 3. The molecule has 1 N–H and O–H groups in total. The molecule has 0 amide bonds. The van der Waals surface area contributed by atoms with Crippen LogP contribution >= 0.6 is 0 Å². The second kappa shape index (κ2) is 8.71. The first-order valence-corrected chi connectivity index (χ1v) is 11.5. The normalized spacial score (nSPS) is 14.4. The predicted octanol–water partition coefficient (Wildman–Crippen LogP) is 5.22. The van der Waals surface area contributed by atoms with E-state index in [1.807, 2.05) is 6.92 Å². The van der Waals surface area contributed by atoms with Crippen molar-refractivity contribution in [3.05, 3.63) is 29.6 Å². The Hall–Kier alpha value is -1.12. The second-order valence-corrected chi connectivity index (χ2v) is 12.7. The fraction of sp³-hybridized carbons (Fsp3) is 0.667. The van der Waals surface area contributed by atoms with Crippen LogP contribution in [0.25, 0.3) is 0 Å². The van der Waals surface area contributed by atoms with E-state index in [-0.39, 0.29) is 23.4 Å². The van der Waals surface area contributed by atoms with Crippen molar-refractivity contribution < 1.29 is 26.7 Å². The minimum absolute atomic E-state index is 0.0365. The van der Waals surface area contributed by atoms with E-state index in [9.17, 15) is 17.6 Å². The summed E-state index contributed by atoms with van der Waals surface area (Å²) >= 11 is 0.